The van der Waals surface area contributed by atoms with E-state index < -0.39 is 0 Å². The summed E-state index contributed by atoms with van der Waals surface area (Å²) in [5.41, 5.74) is 5.51. The Morgan fingerprint density at radius 2 is 1.70 bits per heavy atom. The highest BCUT2D eigenvalue weighted by atomic mass is 79.9. The summed E-state index contributed by atoms with van der Waals surface area (Å²) in [5.74, 6) is 1.09. The molecule has 23 heavy (non-hydrogen) atoms. The molecule has 0 aliphatic rings. The van der Waals surface area contributed by atoms with Crippen molar-refractivity contribution in [3.63, 3.8) is 0 Å². The lowest BCUT2D eigenvalue weighted by atomic mass is 10.2. The molecule has 3 nitrogen and oxygen atoms in total. The third-order valence-electron chi connectivity index (χ3n) is 3.67. The molecule has 3 aromatic rings. The number of pyridine rings is 1. The van der Waals surface area contributed by atoms with Gasteiger partial charge in [0.05, 0.1) is 6.54 Å². The molecule has 2 heterocycles. The van der Waals surface area contributed by atoms with Crippen LogP contribution in [0, 0.1) is 13.8 Å². The first-order chi connectivity index (χ1) is 11.1. The van der Waals surface area contributed by atoms with Gasteiger partial charge >= 0.3 is 0 Å². The molecule has 0 atom stereocenters. The van der Waals surface area contributed by atoms with Gasteiger partial charge in [-0.05, 0) is 43.2 Å². The molecular weight excluding hydrogens is 350 g/mol. The number of aromatic nitrogens is 3. The van der Waals surface area contributed by atoms with Crippen LogP contribution in [0.25, 0.3) is 11.2 Å². The predicted octanol–water partition coefficient (Wildman–Crippen LogP) is 5.45. The maximum atomic E-state index is 4.78. The van der Waals surface area contributed by atoms with Gasteiger partial charge in [0.25, 0.3) is 0 Å². The lowest BCUT2D eigenvalue weighted by Gasteiger charge is -2.08. The van der Waals surface area contributed by atoms with Gasteiger partial charge in [0, 0.05) is 16.6 Å². The van der Waals surface area contributed by atoms with Crippen molar-refractivity contribution in [1.82, 2.24) is 14.5 Å². The second kappa shape index (κ2) is 7.73. The molecule has 122 valence electrons. The highest BCUT2D eigenvalue weighted by molar-refractivity contribution is 9.10. The van der Waals surface area contributed by atoms with Gasteiger partial charge < -0.3 is 4.57 Å². The van der Waals surface area contributed by atoms with Crippen LogP contribution in [0.5, 0.6) is 0 Å². The quantitative estimate of drug-likeness (QED) is 0.611. The summed E-state index contributed by atoms with van der Waals surface area (Å²) >= 11 is 3.48. The van der Waals surface area contributed by atoms with Crippen molar-refractivity contribution >= 4 is 27.1 Å². The molecule has 0 spiro atoms. The number of hydrogen-bond acceptors (Lipinski definition) is 2. The Kier molecular flexibility index (Phi) is 5.94. The number of hydrogen-bond donors (Lipinski definition) is 0. The molecule has 0 unspecified atom stereocenters. The van der Waals surface area contributed by atoms with Crippen LogP contribution in [0.3, 0.4) is 0 Å². The summed E-state index contributed by atoms with van der Waals surface area (Å²) in [6, 6.07) is 10.5. The van der Waals surface area contributed by atoms with Crippen LogP contribution in [0.1, 0.15) is 43.4 Å². The van der Waals surface area contributed by atoms with E-state index in [2.05, 4.69) is 64.7 Å². The Balaban J connectivity index is 0.000000924. The van der Waals surface area contributed by atoms with E-state index in [1.165, 1.54) is 11.1 Å². The third kappa shape index (κ3) is 3.81. The van der Waals surface area contributed by atoms with Gasteiger partial charge in [-0.3, -0.25) is 0 Å². The minimum atomic E-state index is 0.808. The second-order valence-electron chi connectivity index (χ2n) is 5.35. The summed E-state index contributed by atoms with van der Waals surface area (Å²) in [6.07, 6.45) is 0.908. The highest BCUT2D eigenvalue weighted by Crippen LogP contribution is 2.21. The summed E-state index contributed by atoms with van der Waals surface area (Å²) in [5, 5.41) is 0. The zero-order chi connectivity index (χ0) is 17.0. The molecule has 0 fully saturated rings. The highest BCUT2D eigenvalue weighted by Gasteiger charge is 2.13. The number of rotatable bonds is 3. The normalized spacial score (nSPS) is 10.5. The predicted molar refractivity (Wildman–Crippen MR) is 101 cm³/mol. The number of halogens is 1. The number of nitrogens with zero attached hydrogens (tertiary/aromatic N) is 3. The maximum Gasteiger partial charge on any atom is 0.160 e. The molecule has 2 aromatic heterocycles. The Labute approximate surface area is 146 Å². The van der Waals surface area contributed by atoms with Crippen LogP contribution in [0.15, 0.2) is 34.8 Å². The van der Waals surface area contributed by atoms with Gasteiger partial charge in [-0.25, -0.2) is 9.97 Å². The Morgan fingerprint density at radius 1 is 1.04 bits per heavy atom. The Hall–Kier alpha value is -1.68. The first kappa shape index (κ1) is 17.7. The monoisotopic (exact) mass is 373 g/mol. The summed E-state index contributed by atoms with van der Waals surface area (Å²) in [7, 11) is 0. The van der Waals surface area contributed by atoms with E-state index in [4.69, 9.17) is 9.97 Å². The standard InChI is InChI=1S/C17H18BrN3.C2H6/c1-4-15-20-16-11(2)9-12(3)19-17(16)21(15)10-13-5-7-14(18)8-6-13;1-2/h5-9H,4,10H2,1-3H3;1-2H3. The average Bonchev–Trinajstić information content (AvgIpc) is 2.90. The molecular formula is C19H24BrN3. The Morgan fingerprint density at radius 3 is 2.30 bits per heavy atom. The first-order valence-electron chi connectivity index (χ1n) is 8.16. The lowest BCUT2D eigenvalue weighted by Crippen LogP contribution is -2.05. The summed E-state index contributed by atoms with van der Waals surface area (Å²) in [6.45, 7) is 11.1. The van der Waals surface area contributed by atoms with Gasteiger partial charge in [0.15, 0.2) is 5.65 Å². The smallest absolute Gasteiger partial charge is 0.160 e. The van der Waals surface area contributed by atoms with Crippen molar-refractivity contribution in [1.29, 1.82) is 0 Å². The minimum absolute atomic E-state index is 0.808. The molecule has 0 saturated carbocycles. The van der Waals surface area contributed by atoms with Gasteiger partial charge in [-0.2, -0.15) is 0 Å². The largest absolute Gasteiger partial charge is 0.308 e. The first-order valence-corrected chi connectivity index (χ1v) is 8.95. The summed E-state index contributed by atoms with van der Waals surface area (Å²) in [4.78, 5) is 9.49. The van der Waals surface area contributed by atoms with Crippen molar-refractivity contribution < 1.29 is 0 Å². The average molecular weight is 374 g/mol. The fourth-order valence-electron chi connectivity index (χ4n) is 2.66. The van der Waals surface area contributed by atoms with Crippen molar-refractivity contribution in [2.75, 3.05) is 0 Å². The molecule has 0 radical (unpaired) electrons. The lowest BCUT2D eigenvalue weighted by molar-refractivity contribution is 0.745. The minimum Gasteiger partial charge on any atom is -0.308 e. The fraction of sp³-hybridized carbons (Fsp3) is 0.368. The molecule has 0 aliphatic carbocycles. The van der Waals surface area contributed by atoms with E-state index >= 15 is 0 Å². The van der Waals surface area contributed by atoms with Crippen molar-refractivity contribution in [2.45, 2.75) is 47.6 Å². The number of aryl methyl sites for hydroxylation is 3. The van der Waals surface area contributed by atoms with Crippen molar-refractivity contribution in [3.8, 4) is 0 Å². The zero-order valence-electron chi connectivity index (χ0n) is 14.5. The third-order valence-corrected chi connectivity index (χ3v) is 4.20. The molecule has 1 aromatic carbocycles. The van der Waals surface area contributed by atoms with E-state index in [0.717, 1.165) is 40.1 Å². The molecule has 0 bridgehead atoms. The van der Waals surface area contributed by atoms with Gasteiger partial charge in [0.2, 0.25) is 0 Å². The van der Waals surface area contributed by atoms with Crippen molar-refractivity contribution in [3.05, 3.63) is 57.4 Å². The molecule has 4 heteroatoms. The van der Waals surface area contributed by atoms with E-state index in [1.807, 2.05) is 20.8 Å². The van der Waals surface area contributed by atoms with Crippen LogP contribution in [-0.4, -0.2) is 14.5 Å². The molecule has 0 saturated heterocycles. The molecule has 3 rings (SSSR count). The summed E-state index contributed by atoms with van der Waals surface area (Å²) < 4.78 is 3.33. The van der Waals surface area contributed by atoms with Crippen LogP contribution < -0.4 is 0 Å². The topological polar surface area (TPSA) is 30.7 Å². The van der Waals surface area contributed by atoms with Crippen LogP contribution in [0.2, 0.25) is 0 Å². The SMILES string of the molecule is CC.CCc1nc2c(C)cc(C)nc2n1Cc1ccc(Br)cc1. The van der Waals surface area contributed by atoms with E-state index in [-0.39, 0.29) is 0 Å². The van der Waals surface area contributed by atoms with Crippen LogP contribution in [-0.2, 0) is 13.0 Å². The van der Waals surface area contributed by atoms with E-state index in [9.17, 15) is 0 Å². The Bertz CT molecular complexity index is 788. The van der Waals surface area contributed by atoms with Gasteiger partial charge in [-0.1, -0.05) is 48.8 Å². The van der Waals surface area contributed by atoms with Crippen molar-refractivity contribution in [2.24, 2.45) is 0 Å². The van der Waals surface area contributed by atoms with Crippen LogP contribution >= 0.6 is 15.9 Å². The number of imidazole rings is 1. The molecule has 0 amide bonds. The van der Waals surface area contributed by atoms with Gasteiger partial charge in [0.1, 0.15) is 11.3 Å². The van der Waals surface area contributed by atoms with E-state index in [0.29, 0.717) is 0 Å². The second-order valence-corrected chi connectivity index (χ2v) is 6.26. The van der Waals surface area contributed by atoms with Crippen LogP contribution in [0.4, 0.5) is 0 Å². The fourth-order valence-corrected chi connectivity index (χ4v) is 2.92. The van der Waals surface area contributed by atoms with E-state index in [1.54, 1.807) is 0 Å². The number of fused-ring (bicyclic) bond motifs is 1. The molecule has 0 aliphatic heterocycles. The maximum absolute atomic E-state index is 4.78. The molecule has 0 N–H and O–H groups in total. The zero-order valence-corrected chi connectivity index (χ0v) is 16.1. The number of benzene rings is 1. The van der Waals surface area contributed by atoms with Gasteiger partial charge in [-0.15, -0.1) is 0 Å².